The van der Waals surface area contributed by atoms with Gasteiger partial charge in [-0.1, -0.05) is 67.4 Å². The summed E-state index contributed by atoms with van der Waals surface area (Å²) in [5.41, 5.74) is 3.08. The van der Waals surface area contributed by atoms with Gasteiger partial charge in [-0.25, -0.2) is 4.79 Å². The molecule has 0 saturated heterocycles. The number of aliphatic hydroxyl groups is 1. The lowest BCUT2D eigenvalue weighted by molar-refractivity contribution is -0.137. The number of hydrogen-bond acceptors (Lipinski definition) is 4. The van der Waals surface area contributed by atoms with Crippen LogP contribution in [-0.2, 0) is 17.8 Å². The monoisotopic (exact) mass is 438 g/mol. The number of H-pyrrole nitrogens is 1. The number of benzene rings is 2. The fourth-order valence-electron chi connectivity index (χ4n) is 3.85. The number of unbranched alkanes of at least 4 members (excludes halogenated alkanes) is 3. The largest absolute Gasteiger partial charge is 0.493 e. The molecular weight excluding hydrogens is 408 g/mol. The lowest BCUT2D eigenvalue weighted by atomic mass is 10.0. The number of aliphatic hydroxyl groups excluding tert-OH is 1. The van der Waals surface area contributed by atoms with Crippen LogP contribution in [0.15, 0.2) is 59.4 Å². The Morgan fingerprint density at radius 2 is 1.59 bits per heavy atom. The molecule has 0 fully saturated rings. The number of aromatic amines is 1. The van der Waals surface area contributed by atoms with Gasteiger partial charge in [0.1, 0.15) is 0 Å². The molecule has 0 aliphatic rings. The Kier molecular flexibility index (Phi) is 8.27. The van der Waals surface area contributed by atoms with E-state index in [1.807, 2.05) is 54.6 Å². The Bertz CT molecular complexity index is 1050. The van der Waals surface area contributed by atoms with Crippen molar-refractivity contribution >= 4 is 5.97 Å². The van der Waals surface area contributed by atoms with Crippen molar-refractivity contribution in [2.24, 2.45) is 0 Å². The van der Waals surface area contributed by atoms with E-state index in [1.54, 1.807) is 0 Å². The molecule has 3 aromatic rings. The van der Waals surface area contributed by atoms with E-state index in [0.29, 0.717) is 25.0 Å². The summed E-state index contributed by atoms with van der Waals surface area (Å²) in [5, 5.41) is 29.4. The number of carboxylic acids is 1. The molecule has 0 spiro atoms. The molecule has 170 valence electrons. The Balaban J connectivity index is 1.55. The van der Waals surface area contributed by atoms with Crippen LogP contribution in [-0.4, -0.2) is 30.8 Å². The van der Waals surface area contributed by atoms with Gasteiger partial charge in [0.05, 0.1) is 11.8 Å². The molecule has 0 saturated carbocycles. The van der Waals surface area contributed by atoms with Gasteiger partial charge in [-0.05, 0) is 42.4 Å². The first-order valence-corrected chi connectivity index (χ1v) is 11.0. The summed E-state index contributed by atoms with van der Waals surface area (Å²) in [6.45, 7) is 0.284. The Labute approximate surface area is 187 Å². The zero-order valence-corrected chi connectivity index (χ0v) is 18.0. The van der Waals surface area contributed by atoms with Crippen LogP contribution < -0.4 is 5.69 Å². The predicted molar refractivity (Wildman–Crippen MR) is 123 cm³/mol. The number of rotatable bonds is 12. The highest BCUT2D eigenvalue weighted by Gasteiger charge is 2.15. The van der Waals surface area contributed by atoms with Gasteiger partial charge >= 0.3 is 11.7 Å². The number of nitrogens with one attached hydrogen (secondary N) is 1. The number of carboxylic acid groups (broad SMARTS) is 1. The molecule has 0 radical (unpaired) electrons. The van der Waals surface area contributed by atoms with E-state index in [1.165, 1.54) is 4.57 Å². The maximum absolute atomic E-state index is 12.2. The van der Waals surface area contributed by atoms with Crippen molar-refractivity contribution in [3.63, 3.8) is 0 Å². The molecule has 0 aliphatic carbocycles. The number of aromatic hydroxyl groups is 1. The van der Waals surface area contributed by atoms with Crippen molar-refractivity contribution in [2.45, 2.75) is 57.6 Å². The number of carbonyl (C=O) groups is 1. The molecule has 7 nitrogen and oxygen atoms in total. The van der Waals surface area contributed by atoms with Crippen molar-refractivity contribution in [3.05, 3.63) is 76.3 Å². The van der Waals surface area contributed by atoms with Gasteiger partial charge in [0.2, 0.25) is 5.88 Å². The van der Waals surface area contributed by atoms with Crippen molar-refractivity contribution in [1.82, 2.24) is 9.55 Å². The lowest BCUT2D eigenvalue weighted by Gasteiger charge is -2.13. The van der Waals surface area contributed by atoms with Crippen LogP contribution in [0.5, 0.6) is 5.88 Å². The molecule has 4 N–H and O–H groups in total. The maximum atomic E-state index is 12.2. The molecule has 1 atom stereocenters. The summed E-state index contributed by atoms with van der Waals surface area (Å²) in [6, 6.07) is 17.7. The van der Waals surface area contributed by atoms with Gasteiger partial charge in [0.15, 0.2) is 0 Å². The SMILES string of the molecule is O=C(O)CCCCCCc1c(O)[nH]c(=O)n1CCC(O)c1ccc(-c2ccccc2)cc1. The summed E-state index contributed by atoms with van der Waals surface area (Å²) in [7, 11) is 0. The average molecular weight is 439 g/mol. The number of hydrogen-bond donors (Lipinski definition) is 4. The fourth-order valence-corrected chi connectivity index (χ4v) is 3.85. The molecule has 0 bridgehead atoms. The van der Waals surface area contributed by atoms with Crippen LogP contribution >= 0.6 is 0 Å². The van der Waals surface area contributed by atoms with E-state index >= 15 is 0 Å². The Morgan fingerprint density at radius 1 is 0.938 bits per heavy atom. The summed E-state index contributed by atoms with van der Waals surface area (Å²) in [6.07, 6.45) is 3.26. The van der Waals surface area contributed by atoms with Gasteiger partial charge in [0, 0.05) is 13.0 Å². The van der Waals surface area contributed by atoms with Crippen LogP contribution in [0.4, 0.5) is 0 Å². The zero-order chi connectivity index (χ0) is 22.9. The van der Waals surface area contributed by atoms with Crippen LogP contribution in [0.3, 0.4) is 0 Å². The minimum Gasteiger partial charge on any atom is -0.493 e. The first-order valence-electron chi connectivity index (χ1n) is 11.0. The van der Waals surface area contributed by atoms with E-state index in [-0.39, 0.29) is 18.8 Å². The van der Waals surface area contributed by atoms with Crippen molar-refractivity contribution in [1.29, 1.82) is 0 Å². The van der Waals surface area contributed by atoms with Crippen LogP contribution in [0.1, 0.15) is 55.9 Å². The molecule has 1 unspecified atom stereocenters. The maximum Gasteiger partial charge on any atom is 0.328 e. The quantitative estimate of drug-likeness (QED) is 0.316. The highest BCUT2D eigenvalue weighted by Crippen LogP contribution is 2.24. The van der Waals surface area contributed by atoms with E-state index in [2.05, 4.69) is 4.98 Å². The lowest BCUT2D eigenvalue weighted by Crippen LogP contribution is -2.20. The molecule has 32 heavy (non-hydrogen) atoms. The smallest absolute Gasteiger partial charge is 0.328 e. The van der Waals surface area contributed by atoms with Crippen LogP contribution in [0.25, 0.3) is 11.1 Å². The molecule has 1 aromatic heterocycles. The van der Waals surface area contributed by atoms with E-state index in [9.17, 15) is 19.8 Å². The average Bonchev–Trinajstić information content (AvgIpc) is 3.07. The molecular formula is C25H30N2O5. The third kappa shape index (κ3) is 6.34. The summed E-state index contributed by atoms with van der Waals surface area (Å²) < 4.78 is 1.48. The van der Waals surface area contributed by atoms with Crippen molar-refractivity contribution < 1.29 is 20.1 Å². The first-order chi connectivity index (χ1) is 15.5. The topological polar surface area (TPSA) is 116 Å². The molecule has 3 rings (SSSR count). The second-order valence-corrected chi connectivity index (χ2v) is 7.98. The standard InChI is InChI=1S/C25H30N2O5/c28-22(20-14-12-19(13-15-20)18-8-4-3-5-9-18)16-17-27-21(24(31)26-25(27)32)10-6-1-2-7-11-23(29)30/h3-5,8-9,12-15,22,28,31H,1-2,6-7,10-11,16-17H2,(H,26,32)(H,29,30). The van der Waals surface area contributed by atoms with Gasteiger partial charge in [-0.3, -0.25) is 14.3 Å². The highest BCUT2D eigenvalue weighted by molar-refractivity contribution is 5.66. The van der Waals surface area contributed by atoms with Crippen molar-refractivity contribution in [2.75, 3.05) is 0 Å². The fraction of sp³-hybridized carbons (Fsp3) is 0.360. The third-order valence-electron chi connectivity index (χ3n) is 5.65. The van der Waals surface area contributed by atoms with Gasteiger partial charge in [0.25, 0.3) is 0 Å². The van der Waals surface area contributed by atoms with Gasteiger partial charge in [-0.2, -0.15) is 0 Å². The Morgan fingerprint density at radius 3 is 2.28 bits per heavy atom. The molecule has 0 amide bonds. The second kappa shape index (κ2) is 11.3. The number of aliphatic carboxylic acids is 1. The zero-order valence-electron chi connectivity index (χ0n) is 18.0. The third-order valence-corrected chi connectivity index (χ3v) is 5.65. The molecule has 2 aromatic carbocycles. The minimum atomic E-state index is -0.796. The second-order valence-electron chi connectivity index (χ2n) is 7.98. The van der Waals surface area contributed by atoms with Crippen molar-refractivity contribution in [3.8, 4) is 17.0 Å². The summed E-state index contributed by atoms with van der Waals surface area (Å²) in [5.74, 6) is -0.933. The number of nitrogens with zero attached hydrogens (tertiary/aromatic N) is 1. The molecule has 0 aliphatic heterocycles. The normalized spacial score (nSPS) is 12.0. The molecule has 7 heteroatoms. The highest BCUT2D eigenvalue weighted by atomic mass is 16.4. The summed E-state index contributed by atoms with van der Waals surface area (Å²) >= 11 is 0. The number of imidazole rings is 1. The van der Waals surface area contributed by atoms with Gasteiger partial charge in [-0.15, -0.1) is 0 Å². The predicted octanol–water partition coefficient (Wildman–Crippen LogP) is 4.25. The van der Waals surface area contributed by atoms with Crippen LogP contribution in [0.2, 0.25) is 0 Å². The Hall–Kier alpha value is -3.32. The summed E-state index contributed by atoms with van der Waals surface area (Å²) in [4.78, 5) is 25.2. The van der Waals surface area contributed by atoms with Crippen LogP contribution in [0, 0.1) is 0 Å². The van der Waals surface area contributed by atoms with E-state index < -0.39 is 17.8 Å². The number of aromatic nitrogens is 2. The minimum absolute atomic E-state index is 0.137. The first kappa shape index (κ1) is 23.3. The van der Waals surface area contributed by atoms with E-state index in [4.69, 9.17) is 5.11 Å². The van der Waals surface area contributed by atoms with Gasteiger partial charge < -0.3 is 15.3 Å². The van der Waals surface area contributed by atoms with E-state index in [0.717, 1.165) is 36.0 Å². The molecule has 1 heterocycles.